The Labute approximate surface area is 692 Å². The zero-order valence-corrected chi connectivity index (χ0v) is 68.9. The number of aryl methyl sites for hydroxylation is 4. The van der Waals surface area contributed by atoms with E-state index >= 15 is 8.78 Å². The van der Waals surface area contributed by atoms with E-state index in [-0.39, 0.29) is 62.8 Å². The number of H-pyrrole nitrogens is 1. The molecule has 9 aromatic heterocycles. The quantitative estimate of drug-likeness (QED) is 0.0118. The molecule has 111 heavy (non-hydrogen) atoms. The monoisotopic (exact) mass is 1710 g/mol. The molecule has 2 saturated carbocycles. The summed E-state index contributed by atoms with van der Waals surface area (Å²) in [7, 11) is 3.99. The summed E-state index contributed by atoms with van der Waals surface area (Å²) in [5.41, 5.74) is 8.56. The predicted octanol–water partition coefficient (Wildman–Crippen LogP) is 14.7. The number of nitrogens with one attached hydrogen (secondary N) is 1. The molecule has 0 radical (unpaired) electrons. The van der Waals surface area contributed by atoms with E-state index in [0.29, 0.717) is 65.9 Å². The van der Waals surface area contributed by atoms with Crippen LogP contribution in [0.4, 0.5) is 22.0 Å². The number of halogens is 8. The molecule has 0 unspecified atom stereocenters. The van der Waals surface area contributed by atoms with Crippen molar-refractivity contribution in [3.05, 3.63) is 252 Å². The first-order valence-electron chi connectivity index (χ1n) is 33.1. The van der Waals surface area contributed by atoms with E-state index in [0.717, 1.165) is 75.1 Å². The van der Waals surface area contributed by atoms with Gasteiger partial charge in [-0.1, -0.05) is 119 Å². The Morgan fingerprint density at radius 1 is 0.640 bits per heavy atom. The molecular weight excluding hydrogens is 1640 g/mol. The molecule has 574 valence electrons. The van der Waals surface area contributed by atoms with E-state index in [9.17, 15) is 47.4 Å². The third-order valence-electron chi connectivity index (χ3n) is 15.6. The summed E-state index contributed by atoms with van der Waals surface area (Å²) in [5.74, 6) is -3.24. The number of thiol groups is 1. The summed E-state index contributed by atoms with van der Waals surface area (Å²) < 4.78 is 83.9. The van der Waals surface area contributed by atoms with Crippen LogP contribution in [0.2, 0.25) is 10.0 Å². The minimum absolute atomic E-state index is 0. The van der Waals surface area contributed by atoms with E-state index < -0.39 is 53.9 Å². The van der Waals surface area contributed by atoms with Crippen LogP contribution in [0.5, 0.6) is 0 Å². The molecule has 9 heterocycles. The number of hydrogen-bond donors (Lipinski definition) is 3. The normalized spacial score (nSPS) is 11.8. The Balaban J connectivity index is 0.000000196. The van der Waals surface area contributed by atoms with Crippen molar-refractivity contribution in [1.29, 1.82) is 0 Å². The molecule has 2 N–H and O–H groups in total. The number of aromatic carboxylic acids is 2. The topological polar surface area (TPSA) is 286 Å². The second kappa shape index (κ2) is 42.0. The fraction of sp³-hybridized carbons (Fsp3) is 0.224. The number of nitrogens with zero attached hydrogens (tertiary/aromatic N) is 10. The van der Waals surface area contributed by atoms with Gasteiger partial charge in [-0.3, -0.25) is 14.2 Å². The average Bonchev–Trinajstić information content (AvgIpc) is 1.58. The van der Waals surface area contributed by atoms with E-state index in [1.54, 1.807) is 113 Å². The minimum atomic E-state index is -4.64. The Kier molecular flexibility index (Phi) is 33.7. The van der Waals surface area contributed by atoms with Crippen molar-refractivity contribution in [1.82, 2.24) is 53.6 Å². The molecule has 2 aliphatic carbocycles. The number of alkyl halides is 3. The van der Waals surface area contributed by atoms with Gasteiger partial charge in [-0.15, -0.1) is 0 Å². The molecule has 2 aliphatic rings. The first-order chi connectivity index (χ1) is 52.5. The van der Waals surface area contributed by atoms with Crippen molar-refractivity contribution >= 4 is 145 Å². The molecule has 0 saturated heterocycles. The van der Waals surface area contributed by atoms with Crippen LogP contribution >= 0.6 is 87.5 Å². The first kappa shape index (κ1) is 89.1. The number of fused-ring (bicyclic) bond motifs is 2. The summed E-state index contributed by atoms with van der Waals surface area (Å²) >= 11 is 27.1. The smallest absolute Gasteiger partial charge is 0.543 e. The number of methoxy groups -OCH3 is 3. The number of aromatic nitrogens is 11. The molecule has 0 spiro atoms. The number of carboxylic acid groups (broad SMARTS) is 2. The van der Waals surface area contributed by atoms with Crippen LogP contribution in [0, 0.1) is 30.1 Å². The van der Waals surface area contributed by atoms with Gasteiger partial charge in [0.25, 0.3) is 0 Å². The van der Waals surface area contributed by atoms with Gasteiger partial charge in [0.1, 0.15) is 42.1 Å². The maximum atomic E-state index is 15.3. The molecule has 22 nitrogen and oxygen atoms in total. The molecule has 0 bridgehead atoms. The van der Waals surface area contributed by atoms with Crippen LogP contribution in [0.3, 0.4) is 0 Å². The number of carbonyl (C=O) groups is 6. The number of ether oxygens (including phenoxy) is 3. The Bertz CT molecular complexity index is 5090. The predicted molar refractivity (Wildman–Crippen MR) is 414 cm³/mol. The second-order valence-corrected chi connectivity index (χ2v) is 28.0. The van der Waals surface area contributed by atoms with Crippen molar-refractivity contribution in [2.45, 2.75) is 110 Å². The number of aldehydes is 1. The van der Waals surface area contributed by atoms with Gasteiger partial charge in [0.05, 0.1) is 77.8 Å². The fourth-order valence-corrected chi connectivity index (χ4v) is 13.6. The maximum Gasteiger partial charge on any atom is 1.00 e. The molecule has 0 amide bonds. The van der Waals surface area contributed by atoms with Crippen molar-refractivity contribution in [2.75, 3.05) is 21.3 Å². The van der Waals surface area contributed by atoms with Crippen LogP contribution in [-0.4, -0.2) is 122 Å². The van der Waals surface area contributed by atoms with Crippen LogP contribution in [-0.2, 0) is 37.8 Å². The fourth-order valence-electron chi connectivity index (χ4n) is 10.2. The molecular formula is C76H68BrCl2F5N11NaO11S4. The molecule has 0 atom stereocenters. The standard InChI is InChI=1S/2C22H18ClFN4O2S.C8H9NO2.C8H10S.C7H6BrNO2.C7H7NO2S.C2HF3O.Na/c2*1-2-27-11-13(10-25-27)28-19(12-6-7-12)21(14-8-9-15(23)18(24)20(14)28)31-17-5-3-4-16(26-17)22(29)30;1-6-4-3-5-7(9-6)8(10)11-2;1-7-2-4-8(6-9)5-3-7;1-11-7(10)5-3-2-4-6(8)9-5;1-10-7(9)5-3-2-4-6(11)8-5;3-2(4,5)1-6;/h2*3-5,8-12H,2,6-7H2,1H3,(H,29,30);3-5H,1-2H3;2-5,9H,6H2,1H3;2-4H,1H3;2-4H,1H3,(H,8,11);1H;/q;;;;;;;+1/p-1. The Morgan fingerprint density at radius 2 is 1.07 bits per heavy atom. The number of aromatic amines is 1. The zero-order chi connectivity index (χ0) is 80.1. The molecule has 3 aromatic carbocycles. The van der Waals surface area contributed by atoms with Crippen LogP contribution in [0.25, 0.3) is 33.2 Å². The molecule has 14 rings (SSSR count). The average molecular weight is 1710 g/mol. The van der Waals surface area contributed by atoms with Crippen molar-refractivity contribution in [2.24, 2.45) is 0 Å². The van der Waals surface area contributed by atoms with Crippen LogP contribution in [0.15, 0.2) is 189 Å². The van der Waals surface area contributed by atoms with Gasteiger partial charge < -0.3 is 43.3 Å². The van der Waals surface area contributed by atoms with Crippen molar-refractivity contribution in [3.8, 4) is 11.4 Å². The second-order valence-electron chi connectivity index (χ2n) is 23.5. The van der Waals surface area contributed by atoms with Gasteiger partial charge in [0.2, 0.25) is 6.29 Å². The summed E-state index contributed by atoms with van der Waals surface area (Å²) in [6.07, 6.45) is 5.52. The van der Waals surface area contributed by atoms with Gasteiger partial charge in [-0.25, -0.2) is 47.9 Å². The summed E-state index contributed by atoms with van der Waals surface area (Å²) in [4.78, 5) is 84.6. The Morgan fingerprint density at radius 3 is 1.47 bits per heavy atom. The van der Waals surface area contributed by atoms with E-state index in [1.807, 2.05) is 54.4 Å². The zero-order valence-electron chi connectivity index (χ0n) is 60.5. The first-order valence-corrected chi connectivity index (χ1v) is 37.3. The molecule has 35 heteroatoms. The van der Waals surface area contributed by atoms with Gasteiger partial charge in [0.15, 0.2) is 11.6 Å². The number of esters is 3. The van der Waals surface area contributed by atoms with Crippen LogP contribution < -0.4 is 34.7 Å². The van der Waals surface area contributed by atoms with E-state index in [2.05, 4.69) is 109 Å². The molecule has 0 aliphatic heterocycles. The van der Waals surface area contributed by atoms with Crippen molar-refractivity contribution < 1.29 is 105 Å². The van der Waals surface area contributed by atoms with Crippen molar-refractivity contribution in [3.63, 3.8) is 0 Å². The van der Waals surface area contributed by atoms with Gasteiger partial charge >= 0.3 is 59.6 Å². The number of rotatable bonds is 16. The summed E-state index contributed by atoms with van der Waals surface area (Å²) in [6, 6.07) is 40.1. The number of carbonyl (C=O) groups excluding carboxylic acids is 5. The van der Waals surface area contributed by atoms with Gasteiger partial charge in [-0.05, 0) is 160 Å². The number of hydrogen-bond acceptors (Lipinski definition) is 20. The molecule has 2 fully saturated rings. The summed E-state index contributed by atoms with van der Waals surface area (Å²) in [5, 5.41) is 31.9. The third kappa shape index (κ3) is 24.7. The minimum Gasteiger partial charge on any atom is -0.543 e. The SMILES string of the molecule is CCn1cc(-n2c(C3CC3)c(Sc3cccc(C(=O)O)n3)c3ccc(Cl)c(F)c32)cn1.CCn1cc(-n2c(C3CC3)c(Sc3cccc(C(=O)[O-])n3)c3ccc(Cl)c(F)c32)cn1.COC(=O)c1cccc(=S)[nH]1.COC(=O)c1cccc(Br)n1.COC(=O)c1cccc(C)n1.Cc1ccc(CS)cc1.O=CC(F)(F)F.[Na+]. The van der Waals surface area contributed by atoms with E-state index in [1.165, 1.54) is 68.1 Å². The number of carboxylic acids is 2. The number of pyridine rings is 5. The largest absolute Gasteiger partial charge is 1.00 e. The molecule has 12 aromatic rings. The van der Waals surface area contributed by atoms with Gasteiger partial charge in [-0.2, -0.15) is 36.0 Å². The van der Waals surface area contributed by atoms with Crippen LogP contribution in [0.1, 0.15) is 132 Å². The Hall–Kier alpha value is -9.09. The number of benzene rings is 3. The van der Waals surface area contributed by atoms with Gasteiger partial charge in [0, 0.05) is 80.7 Å². The maximum absolute atomic E-state index is 15.3. The third-order valence-corrected chi connectivity index (χ3v) is 19.4. The van der Waals surface area contributed by atoms with E-state index in [4.69, 9.17) is 40.2 Å². The summed E-state index contributed by atoms with van der Waals surface area (Å²) in [6.45, 7) is 9.29.